The Hall–Kier alpha value is -2.77. The molecule has 8 heteroatoms. The largest absolute Gasteiger partial charge is 0.394 e. The van der Waals surface area contributed by atoms with Gasteiger partial charge in [-0.2, -0.15) is 0 Å². The van der Waals surface area contributed by atoms with Gasteiger partial charge in [0.05, 0.1) is 25.1 Å². The Morgan fingerprint density at radius 3 is 2.62 bits per heavy atom. The number of hydrogen-bond donors (Lipinski definition) is 1. The van der Waals surface area contributed by atoms with Gasteiger partial charge in [-0.25, -0.2) is 9.37 Å². The van der Waals surface area contributed by atoms with Crippen LogP contribution in [-0.4, -0.2) is 40.3 Å². The maximum absolute atomic E-state index is 15.8. The molecule has 0 saturated carbocycles. The van der Waals surface area contributed by atoms with E-state index >= 15 is 4.39 Å². The summed E-state index contributed by atoms with van der Waals surface area (Å²) >= 11 is 12.4. The summed E-state index contributed by atoms with van der Waals surface area (Å²) < 4.78 is 22.8. The van der Waals surface area contributed by atoms with Gasteiger partial charge >= 0.3 is 0 Å². The van der Waals surface area contributed by atoms with Crippen LogP contribution in [0.25, 0.3) is 11.0 Å². The molecule has 0 aliphatic heterocycles. The van der Waals surface area contributed by atoms with Crippen molar-refractivity contribution in [2.24, 2.45) is 0 Å². The molecule has 0 amide bonds. The third-order valence-corrected chi connectivity index (χ3v) is 6.17. The Morgan fingerprint density at radius 1 is 1.15 bits per heavy atom. The minimum absolute atomic E-state index is 0.0179. The number of carbonyl (C=O) groups is 1. The molecule has 5 nitrogen and oxygen atoms in total. The van der Waals surface area contributed by atoms with Crippen LogP contribution in [0.4, 0.5) is 4.39 Å². The smallest absolute Gasteiger partial charge is 0.188 e. The van der Waals surface area contributed by atoms with Crippen molar-refractivity contribution < 1.29 is 19.0 Å². The van der Waals surface area contributed by atoms with Crippen LogP contribution in [0.15, 0.2) is 54.9 Å². The van der Waals surface area contributed by atoms with Crippen molar-refractivity contribution in [3.63, 3.8) is 0 Å². The number of aromatic nitrogens is 2. The lowest BCUT2D eigenvalue weighted by Gasteiger charge is -2.14. The number of aryl methyl sites for hydroxylation is 1. The number of aliphatic hydroxyl groups is 1. The minimum Gasteiger partial charge on any atom is -0.394 e. The Bertz CT molecular complexity index is 1340. The van der Waals surface area contributed by atoms with Crippen molar-refractivity contribution in [3.05, 3.63) is 98.5 Å². The van der Waals surface area contributed by atoms with Gasteiger partial charge in [0.1, 0.15) is 12.1 Å². The lowest BCUT2D eigenvalue weighted by Crippen LogP contribution is -2.15. The predicted octanol–water partition coefficient (Wildman–Crippen LogP) is 5.62. The van der Waals surface area contributed by atoms with E-state index in [9.17, 15) is 4.79 Å². The summed E-state index contributed by atoms with van der Waals surface area (Å²) in [6.45, 7) is 1.89. The van der Waals surface area contributed by atoms with E-state index in [1.807, 2.05) is 31.2 Å². The molecular formula is C26H23Cl2FN2O3. The highest BCUT2D eigenvalue weighted by atomic mass is 35.5. The van der Waals surface area contributed by atoms with Gasteiger partial charge in [0.2, 0.25) is 0 Å². The second-order valence-corrected chi connectivity index (χ2v) is 8.90. The normalized spacial score (nSPS) is 11.3. The molecule has 0 unspecified atom stereocenters. The number of nitrogens with zero attached hydrogens (tertiary/aromatic N) is 2. The minimum atomic E-state index is -0.561. The number of halogens is 3. The molecule has 0 saturated heterocycles. The number of ketones is 1. The van der Waals surface area contributed by atoms with E-state index in [-0.39, 0.29) is 48.7 Å². The molecule has 34 heavy (non-hydrogen) atoms. The van der Waals surface area contributed by atoms with Crippen LogP contribution in [0.2, 0.25) is 10.0 Å². The van der Waals surface area contributed by atoms with Crippen molar-refractivity contribution in [3.8, 4) is 0 Å². The van der Waals surface area contributed by atoms with E-state index in [4.69, 9.17) is 33.0 Å². The first-order valence-corrected chi connectivity index (χ1v) is 11.5. The van der Waals surface area contributed by atoms with Crippen molar-refractivity contribution >= 4 is 40.0 Å². The Balaban J connectivity index is 1.79. The SMILES string of the molecule is Cc1ccc(Cc2c(C(=O)COCCO)cc3c(ncn3Cc3ccc(Cl)cc3)c2F)c(Cl)c1. The zero-order valence-corrected chi connectivity index (χ0v) is 20.0. The van der Waals surface area contributed by atoms with E-state index in [2.05, 4.69) is 4.98 Å². The van der Waals surface area contributed by atoms with E-state index in [0.717, 1.165) is 11.1 Å². The van der Waals surface area contributed by atoms with Gasteiger partial charge in [0.25, 0.3) is 0 Å². The van der Waals surface area contributed by atoms with Crippen LogP contribution >= 0.6 is 23.2 Å². The summed E-state index contributed by atoms with van der Waals surface area (Å²) in [6.07, 6.45) is 1.69. The summed E-state index contributed by atoms with van der Waals surface area (Å²) in [5, 5.41) is 10.1. The molecule has 4 aromatic rings. The zero-order valence-electron chi connectivity index (χ0n) is 18.5. The molecule has 4 rings (SSSR count). The van der Waals surface area contributed by atoms with Crippen molar-refractivity contribution in [1.82, 2.24) is 9.55 Å². The van der Waals surface area contributed by atoms with Gasteiger partial charge in [0, 0.05) is 34.1 Å². The lowest BCUT2D eigenvalue weighted by atomic mass is 9.95. The van der Waals surface area contributed by atoms with Gasteiger partial charge in [-0.1, -0.05) is 47.5 Å². The Kier molecular flexibility index (Phi) is 7.63. The van der Waals surface area contributed by atoms with Crippen LogP contribution in [0.3, 0.4) is 0 Å². The van der Waals surface area contributed by atoms with E-state index < -0.39 is 5.82 Å². The number of ether oxygens (including phenoxy) is 1. The number of imidazole rings is 1. The average Bonchev–Trinajstić information content (AvgIpc) is 3.21. The summed E-state index contributed by atoms with van der Waals surface area (Å²) in [4.78, 5) is 17.3. The van der Waals surface area contributed by atoms with Crippen LogP contribution < -0.4 is 0 Å². The summed E-state index contributed by atoms with van der Waals surface area (Å²) in [5.41, 5.74) is 3.75. The summed E-state index contributed by atoms with van der Waals surface area (Å²) in [7, 11) is 0. The molecule has 0 bridgehead atoms. The first kappa shape index (κ1) is 24.4. The maximum Gasteiger partial charge on any atom is 0.188 e. The molecule has 0 aliphatic carbocycles. The lowest BCUT2D eigenvalue weighted by molar-refractivity contribution is 0.0663. The molecule has 0 spiro atoms. The van der Waals surface area contributed by atoms with Crippen molar-refractivity contribution in [1.29, 1.82) is 0 Å². The zero-order chi connectivity index (χ0) is 24.2. The number of Topliss-reactive ketones (excluding diaryl/α,β-unsaturated/α-hetero) is 1. The molecule has 0 atom stereocenters. The fraction of sp³-hybridized carbons (Fsp3) is 0.231. The molecule has 0 fully saturated rings. The highest BCUT2D eigenvalue weighted by molar-refractivity contribution is 6.31. The monoisotopic (exact) mass is 500 g/mol. The Labute approximate surface area is 206 Å². The summed E-state index contributed by atoms with van der Waals surface area (Å²) in [6, 6.07) is 14.5. The molecule has 1 N–H and O–H groups in total. The first-order chi connectivity index (χ1) is 16.4. The van der Waals surface area contributed by atoms with E-state index in [0.29, 0.717) is 27.7 Å². The van der Waals surface area contributed by atoms with Crippen LogP contribution in [0, 0.1) is 12.7 Å². The third kappa shape index (κ3) is 5.31. The van der Waals surface area contributed by atoms with Crippen LogP contribution in [-0.2, 0) is 17.7 Å². The van der Waals surface area contributed by atoms with E-state index in [1.54, 1.807) is 35.2 Å². The molecular weight excluding hydrogens is 478 g/mol. The quantitative estimate of drug-likeness (QED) is 0.239. The fourth-order valence-corrected chi connectivity index (χ4v) is 4.25. The van der Waals surface area contributed by atoms with Crippen molar-refractivity contribution in [2.75, 3.05) is 19.8 Å². The van der Waals surface area contributed by atoms with E-state index in [1.165, 1.54) is 0 Å². The summed E-state index contributed by atoms with van der Waals surface area (Å²) in [5.74, 6) is -0.943. The average molecular weight is 501 g/mol. The van der Waals surface area contributed by atoms with Gasteiger partial charge < -0.3 is 14.4 Å². The Morgan fingerprint density at radius 2 is 1.91 bits per heavy atom. The number of benzene rings is 3. The molecule has 176 valence electrons. The highest BCUT2D eigenvalue weighted by Gasteiger charge is 2.22. The molecule has 3 aromatic carbocycles. The first-order valence-electron chi connectivity index (χ1n) is 10.7. The topological polar surface area (TPSA) is 64.3 Å². The van der Waals surface area contributed by atoms with Crippen molar-refractivity contribution in [2.45, 2.75) is 19.9 Å². The maximum atomic E-state index is 15.8. The second-order valence-electron chi connectivity index (χ2n) is 8.05. The standard InChI is InChI=1S/C26H23Cl2FN2O3/c1-16-2-5-18(22(28)10-16)11-21-20(24(33)14-34-9-8-32)12-23-26(25(21)29)30-15-31(23)13-17-3-6-19(27)7-4-17/h2-7,10,12,15,32H,8-9,11,13-14H2,1H3. The number of aliphatic hydroxyl groups excluding tert-OH is 1. The van der Waals surface area contributed by atoms with Gasteiger partial charge in [-0.3, -0.25) is 4.79 Å². The second kappa shape index (κ2) is 10.7. The fourth-order valence-electron chi connectivity index (χ4n) is 3.82. The number of rotatable bonds is 9. The molecule has 1 heterocycles. The highest BCUT2D eigenvalue weighted by Crippen LogP contribution is 2.30. The molecule has 0 aliphatic rings. The molecule has 1 aromatic heterocycles. The van der Waals surface area contributed by atoms with Gasteiger partial charge in [-0.15, -0.1) is 0 Å². The number of carbonyl (C=O) groups excluding carboxylic acids is 1. The van der Waals surface area contributed by atoms with Crippen LogP contribution in [0.1, 0.15) is 32.6 Å². The van der Waals surface area contributed by atoms with Crippen LogP contribution in [0.5, 0.6) is 0 Å². The molecule has 0 radical (unpaired) electrons. The number of hydrogen-bond acceptors (Lipinski definition) is 4. The third-order valence-electron chi connectivity index (χ3n) is 5.57. The predicted molar refractivity (Wildman–Crippen MR) is 131 cm³/mol. The van der Waals surface area contributed by atoms with Gasteiger partial charge in [-0.05, 0) is 47.9 Å². The van der Waals surface area contributed by atoms with Gasteiger partial charge in [0.15, 0.2) is 11.6 Å². The number of fused-ring (bicyclic) bond motifs is 1.